The highest BCUT2D eigenvalue weighted by atomic mass is 79.9. The number of benzene rings is 2. The molecule has 3 aromatic rings. The minimum absolute atomic E-state index is 0. The van der Waals surface area contributed by atoms with Gasteiger partial charge < -0.3 is 32.4 Å². The first-order valence-electron chi connectivity index (χ1n) is 14.6. The number of carbonyl (C=O) groups excluding carboxylic acids is 1. The molecule has 0 bridgehead atoms. The van der Waals surface area contributed by atoms with Crippen molar-refractivity contribution in [3.05, 3.63) is 69.6 Å². The first-order valence-corrected chi connectivity index (χ1v) is 15.8. The van der Waals surface area contributed by atoms with E-state index in [0.717, 1.165) is 23.4 Å². The second-order valence-electron chi connectivity index (χ2n) is 10.2. The number of nitrogens with zero attached hydrogens (tertiary/aromatic N) is 1. The van der Waals surface area contributed by atoms with Crippen LogP contribution in [0.1, 0.15) is 94.5 Å². The average molecular weight is 651 g/mol. The summed E-state index contributed by atoms with van der Waals surface area (Å²) in [6.45, 7) is 5.73. The van der Waals surface area contributed by atoms with Crippen molar-refractivity contribution in [1.82, 2.24) is 0 Å². The van der Waals surface area contributed by atoms with Crippen molar-refractivity contribution in [3.8, 4) is 5.75 Å². The highest BCUT2D eigenvalue weighted by Gasteiger charge is 2.14. The van der Waals surface area contributed by atoms with Crippen LogP contribution >= 0.6 is 22.9 Å². The van der Waals surface area contributed by atoms with Crippen LogP contribution in [0, 0.1) is 6.92 Å². The first kappa shape index (κ1) is 34.1. The fourth-order valence-electron chi connectivity index (χ4n) is 4.60. The zero-order chi connectivity index (χ0) is 27.7. The summed E-state index contributed by atoms with van der Waals surface area (Å²) in [6, 6.07) is 12.9. The van der Waals surface area contributed by atoms with Gasteiger partial charge in [0.15, 0.2) is 12.7 Å². The maximum atomic E-state index is 12.7. The van der Waals surface area contributed by atoms with Crippen molar-refractivity contribution in [2.75, 3.05) is 17.2 Å². The van der Waals surface area contributed by atoms with Crippen molar-refractivity contribution in [1.29, 1.82) is 0 Å². The van der Waals surface area contributed by atoms with Crippen LogP contribution in [0.5, 0.6) is 5.75 Å². The standard InChI is InChI=1S/C32H44ClN3O2S.BrH/c1-3-4-5-6-7-8-9-10-11-12-13-16-22-38-28-19-20-31(29(33)24-28)35-32(37)34-30-18-15-14-17-27(30)25-36-21-23-39-26(36)2;/h14-15,17-21,23-24H,3-13,16,22,25H2,1-2H3,(H-,34,35,37);1H. The van der Waals surface area contributed by atoms with E-state index in [2.05, 4.69) is 40.6 Å². The van der Waals surface area contributed by atoms with E-state index in [9.17, 15) is 4.79 Å². The zero-order valence-electron chi connectivity index (χ0n) is 24.0. The van der Waals surface area contributed by atoms with Crippen LogP contribution in [-0.4, -0.2) is 12.6 Å². The Morgan fingerprint density at radius 3 is 2.12 bits per heavy atom. The Hall–Kier alpha value is -2.09. The van der Waals surface area contributed by atoms with Gasteiger partial charge >= 0.3 is 6.03 Å². The van der Waals surface area contributed by atoms with Gasteiger partial charge in [-0.1, -0.05) is 119 Å². The number of para-hydroxylation sites is 1. The molecular weight excluding hydrogens is 606 g/mol. The topological polar surface area (TPSA) is 54.2 Å². The average Bonchev–Trinajstić information content (AvgIpc) is 3.33. The molecule has 0 spiro atoms. The van der Waals surface area contributed by atoms with Crippen molar-refractivity contribution in [2.24, 2.45) is 0 Å². The fourth-order valence-corrected chi connectivity index (χ4v) is 5.48. The molecule has 1 heterocycles. The molecule has 2 N–H and O–H groups in total. The number of halogens is 2. The molecular formula is C32H45BrClN3O2S. The molecule has 0 saturated heterocycles. The molecule has 0 unspecified atom stereocenters. The number of aryl methyl sites for hydroxylation is 1. The second-order valence-corrected chi connectivity index (χ2v) is 11.7. The van der Waals surface area contributed by atoms with Gasteiger partial charge in [-0.05, 0) is 24.6 Å². The van der Waals surface area contributed by atoms with Crippen LogP contribution in [0.15, 0.2) is 54.0 Å². The molecule has 2 aromatic carbocycles. The molecule has 0 aliphatic heterocycles. The minimum atomic E-state index is -0.332. The molecule has 40 heavy (non-hydrogen) atoms. The molecule has 0 aliphatic carbocycles. The van der Waals surface area contributed by atoms with E-state index < -0.39 is 0 Å². The number of unbranched alkanes of at least 4 members (excludes halogenated alkanes) is 11. The Labute approximate surface area is 260 Å². The lowest BCUT2D eigenvalue weighted by Crippen LogP contribution is -3.00. The number of carbonyl (C=O) groups is 1. The Morgan fingerprint density at radius 1 is 0.875 bits per heavy atom. The third-order valence-electron chi connectivity index (χ3n) is 6.95. The molecule has 8 heteroatoms. The molecule has 5 nitrogen and oxygen atoms in total. The summed E-state index contributed by atoms with van der Waals surface area (Å²) in [6.07, 6.45) is 17.9. The number of hydrogen-bond acceptors (Lipinski definition) is 3. The Kier molecular flexibility index (Phi) is 17.0. The number of thiazole rings is 1. The number of hydrogen-bond donors (Lipinski definition) is 2. The van der Waals surface area contributed by atoms with Gasteiger partial charge in [0, 0.05) is 18.6 Å². The largest absolute Gasteiger partial charge is 1.00 e. The molecule has 220 valence electrons. The molecule has 0 fully saturated rings. The predicted molar refractivity (Wildman–Crippen MR) is 165 cm³/mol. The summed E-state index contributed by atoms with van der Waals surface area (Å²) < 4.78 is 8.06. The highest BCUT2D eigenvalue weighted by Crippen LogP contribution is 2.27. The van der Waals surface area contributed by atoms with Crippen molar-refractivity contribution >= 4 is 40.3 Å². The van der Waals surface area contributed by atoms with Gasteiger partial charge in [0.25, 0.3) is 0 Å². The van der Waals surface area contributed by atoms with Crippen LogP contribution < -0.4 is 36.9 Å². The van der Waals surface area contributed by atoms with E-state index in [4.69, 9.17) is 16.3 Å². The monoisotopic (exact) mass is 649 g/mol. The molecule has 0 aliphatic rings. The number of aromatic nitrogens is 1. The Balaban J connectivity index is 0.00000560. The summed E-state index contributed by atoms with van der Waals surface area (Å²) in [7, 11) is 0. The molecule has 0 atom stereocenters. The van der Waals surface area contributed by atoms with Crippen molar-refractivity contribution < 1.29 is 31.1 Å². The lowest BCUT2D eigenvalue weighted by Gasteiger charge is -2.13. The molecule has 1 aromatic heterocycles. The van der Waals surface area contributed by atoms with Crippen LogP contribution in [-0.2, 0) is 6.54 Å². The number of ether oxygens (including phenoxy) is 1. The molecule has 2 amide bonds. The number of urea groups is 1. The van der Waals surface area contributed by atoms with Gasteiger partial charge in [0.2, 0.25) is 5.01 Å². The van der Waals surface area contributed by atoms with Gasteiger partial charge in [-0.2, -0.15) is 4.57 Å². The zero-order valence-corrected chi connectivity index (χ0v) is 27.2. The molecule has 0 saturated carbocycles. The van der Waals surface area contributed by atoms with Gasteiger partial charge in [-0.15, -0.1) is 0 Å². The van der Waals surface area contributed by atoms with Crippen LogP contribution in [0.3, 0.4) is 0 Å². The van der Waals surface area contributed by atoms with Crippen LogP contribution in [0.2, 0.25) is 5.02 Å². The fraction of sp³-hybridized carbons (Fsp3) is 0.500. The second kappa shape index (κ2) is 19.9. The smallest absolute Gasteiger partial charge is 0.323 e. The van der Waals surface area contributed by atoms with E-state index in [0.29, 0.717) is 23.9 Å². The normalized spacial score (nSPS) is 10.7. The Morgan fingerprint density at radius 2 is 1.50 bits per heavy atom. The summed E-state index contributed by atoms with van der Waals surface area (Å²) in [5.41, 5.74) is 2.35. The van der Waals surface area contributed by atoms with Gasteiger partial charge in [0.05, 0.1) is 28.4 Å². The molecule has 0 radical (unpaired) electrons. The van der Waals surface area contributed by atoms with E-state index in [1.807, 2.05) is 30.3 Å². The van der Waals surface area contributed by atoms with Crippen molar-refractivity contribution in [3.63, 3.8) is 0 Å². The highest BCUT2D eigenvalue weighted by molar-refractivity contribution is 7.09. The van der Waals surface area contributed by atoms with Crippen LogP contribution in [0.4, 0.5) is 16.2 Å². The SMILES string of the molecule is CCCCCCCCCCCCCCOc1ccc(NC(=O)Nc2ccccc2C[n+]2ccsc2C)c(Cl)c1.[Br-]. The van der Waals surface area contributed by atoms with E-state index in [1.165, 1.54) is 75.6 Å². The quantitative estimate of drug-likeness (QED) is 0.118. The Bertz CT molecular complexity index is 1140. The minimum Gasteiger partial charge on any atom is -1.00 e. The third-order valence-corrected chi connectivity index (χ3v) is 8.09. The number of amides is 2. The summed E-state index contributed by atoms with van der Waals surface area (Å²) in [5, 5.41) is 9.55. The van der Waals surface area contributed by atoms with Crippen LogP contribution in [0.25, 0.3) is 0 Å². The predicted octanol–water partition coefficient (Wildman–Crippen LogP) is 6.77. The molecule has 3 rings (SSSR count). The first-order chi connectivity index (χ1) is 19.1. The van der Waals surface area contributed by atoms with E-state index in [-0.39, 0.29) is 23.0 Å². The van der Waals surface area contributed by atoms with Gasteiger partial charge in [-0.3, -0.25) is 0 Å². The number of anilines is 2. The number of nitrogens with one attached hydrogen (secondary N) is 2. The summed E-state index contributed by atoms with van der Waals surface area (Å²) in [4.78, 5) is 12.7. The number of rotatable bonds is 18. The third kappa shape index (κ3) is 12.6. The maximum absolute atomic E-state index is 12.7. The van der Waals surface area contributed by atoms with E-state index >= 15 is 0 Å². The lowest BCUT2D eigenvalue weighted by atomic mass is 10.1. The van der Waals surface area contributed by atoms with Crippen molar-refractivity contribution in [2.45, 2.75) is 97.4 Å². The summed E-state index contributed by atoms with van der Waals surface area (Å²) in [5.74, 6) is 0.725. The van der Waals surface area contributed by atoms with Gasteiger partial charge in [0.1, 0.15) is 5.75 Å². The van der Waals surface area contributed by atoms with E-state index in [1.54, 1.807) is 23.5 Å². The lowest BCUT2D eigenvalue weighted by molar-refractivity contribution is -0.689. The van der Waals surface area contributed by atoms with Gasteiger partial charge in [-0.25, -0.2) is 4.79 Å². The maximum Gasteiger partial charge on any atom is 0.323 e. The summed E-state index contributed by atoms with van der Waals surface area (Å²) >= 11 is 8.15.